The number of aliphatic carboxylic acids is 1. The molecule has 4 heteroatoms. The van der Waals surface area contributed by atoms with Gasteiger partial charge < -0.3 is 33.6 Å². The van der Waals surface area contributed by atoms with E-state index >= 15 is 0 Å². The molecule has 0 saturated carbocycles. The molecule has 1 heterocycles. The fourth-order valence-corrected chi connectivity index (χ4v) is 3.94. The number of hydrogen-bond donors (Lipinski definition) is 1. The maximum absolute atomic E-state index is 10.8. The zero-order valence-corrected chi connectivity index (χ0v) is 18.0. The minimum atomic E-state index is -0.696. The smallest absolute Gasteiger partial charge is 0.303 e. The fourth-order valence-electron chi connectivity index (χ4n) is 3.94. The SMILES string of the molecule is C[N+]1(CCCCC(=O)O)CC(c2ccccc2)=CC1Cc1ccccc1.[I-]. The maximum Gasteiger partial charge on any atom is 0.303 e. The number of quaternary nitrogens is 1. The van der Waals surface area contributed by atoms with Crippen LogP contribution in [0.15, 0.2) is 66.7 Å². The van der Waals surface area contributed by atoms with Crippen molar-refractivity contribution in [2.45, 2.75) is 31.7 Å². The van der Waals surface area contributed by atoms with E-state index in [-0.39, 0.29) is 30.4 Å². The molecule has 0 aliphatic carbocycles. The number of rotatable bonds is 8. The molecule has 144 valence electrons. The summed E-state index contributed by atoms with van der Waals surface area (Å²) in [6.45, 7) is 2.02. The van der Waals surface area contributed by atoms with Crippen molar-refractivity contribution in [2.24, 2.45) is 0 Å². The molecular formula is C23H28INO2. The molecule has 3 rings (SSSR count). The average molecular weight is 477 g/mol. The van der Waals surface area contributed by atoms with Gasteiger partial charge in [0.1, 0.15) is 12.6 Å². The summed E-state index contributed by atoms with van der Waals surface area (Å²) in [5.41, 5.74) is 4.07. The van der Waals surface area contributed by atoms with Crippen LogP contribution in [-0.4, -0.2) is 41.7 Å². The molecule has 2 atom stereocenters. The van der Waals surface area contributed by atoms with Crippen molar-refractivity contribution in [3.05, 3.63) is 77.9 Å². The van der Waals surface area contributed by atoms with E-state index in [1.165, 1.54) is 16.7 Å². The Kier molecular flexibility index (Phi) is 8.05. The first-order valence-corrected chi connectivity index (χ1v) is 9.43. The van der Waals surface area contributed by atoms with Gasteiger partial charge in [-0.05, 0) is 30.0 Å². The number of carboxylic acids is 1. The fraction of sp³-hybridized carbons (Fsp3) is 0.348. The molecule has 0 aromatic heterocycles. The Morgan fingerprint density at radius 1 is 1.04 bits per heavy atom. The third-order valence-corrected chi connectivity index (χ3v) is 5.47. The van der Waals surface area contributed by atoms with E-state index in [1.807, 2.05) is 0 Å². The van der Waals surface area contributed by atoms with E-state index < -0.39 is 5.97 Å². The van der Waals surface area contributed by atoms with Crippen LogP contribution in [0.4, 0.5) is 0 Å². The number of carbonyl (C=O) groups is 1. The number of hydrogen-bond acceptors (Lipinski definition) is 1. The van der Waals surface area contributed by atoms with E-state index in [4.69, 9.17) is 5.11 Å². The summed E-state index contributed by atoms with van der Waals surface area (Å²) in [4.78, 5) is 10.8. The number of unbranched alkanes of at least 4 members (excludes halogenated alkanes) is 1. The molecule has 1 N–H and O–H groups in total. The van der Waals surface area contributed by atoms with Crippen LogP contribution in [-0.2, 0) is 11.2 Å². The third kappa shape index (κ3) is 5.91. The first-order chi connectivity index (χ1) is 12.6. The van der Waals surface area contributed by atoms with Crippen molar-refractivity contribution in [2.75, 3.05) is 20.1 Å². The van der Waals surface area contributed by atoms with Gasteiger partial charge in [-0.25, -0.2) is 0 Å². The Morgan fingerprint density at radius 2 is 1.67 bits per heavy atom. The van der Waals surface area contributed by atoms with Gasteiger partial charge in [-0.3, -0.25) is 4.79 Å². The van der Waals surface area contributed by atoms with Crippen LogP contribution < -0.4 is 24.0 Å². The van der Waals surface area contributed by atoms with Gasteiger partial charge in [0.05, 0.1) is 13.6 Å². The van der Waals surface area contributed by atoms with E-state index in [0.717, 1.165) is 36.8 Å². The first-order valence-electron chi connectivity index (χ1n) is 9.43. The van der Waals surface area contributed by atoms with Crippen LogP contribution in [0.1, 0.15) is 30.4 Å². The Morgan fingerprint density at radius 3 is 2.30 bits per heavy atom. The summed E-state index contributed by atoms with van der Waals surface area (Å²) < 4.78 is 0.957. The quantitative estimate of drug-likeness (QED) is 0.355. The lowest BCUT2D eigenvalue weighted by Gasteiger charge is -2.37. The van der Waals surface area contributed by atoms with Crippen LogP contribution in [0.2, 0.25) is 0 Å². The minimum absolute atomic E-state index is 0. The predicted molar refractivity (Wildman–Crippen MR) is 106 cm³/mol. The molecular weight excluding hydrogens is 449 g/mol. The van der Waals surface area contributed by atoms with Crippen molar-refractivity contribution >= 4 is 11.5 Å². The largest absolute Gasteiger partial charge is 1.00 e. The average Bonchev–Trinajstić information content (AvgIpc) is 2.97. The highest BCUT2D eigenvalue weighted by Crippen LogP contribution is 2.32. The lowest BCUT2D eigenvalue weighted by atomic mass is 10.0. The monoisotopic (exact) mass is 477 g/mol. The van der Waals surface area contributed by atoms with Crippen LogP contribution >= 0.6 is 0 Å². The van der Waals surface area contributed by atoms with Gasteiger partial charge in [0.15, 0.2) is 0 Å². The highest BCUT2D eigenvalue weighted by molar-refractivity contribution is 5.68. The molecule has 0 spiro atoms. The molecule has 0 bridgehead atoms. The Bertz CT molecular complexity index is 760. The number of carboxylic acid groups (broad SMARTS) is 1. The molecule has 0 fully saturated rings. The molecule has 2 aromatic rings. The number of benzene rings is 2. The second-order valence-corrected chi connectivity index (χ2v) is 7.53. The Balaban J connectivity index is 0.00000261. The summed E-state index contributed by atoms with van der Waals surface area (Å²) in [6.07, 6.45) is 5.43. The van der Waals surface area contributed by atoms with Gasteiger partial charge in [0, 0.05) is 18.4 Å². The molecule has 2 aromatic carbocycles. The summed E-state index contributed by atoms with van der Waals surface area (Å²) in [5.74, 6) is -0.696. The van der Waals surface area contributed by atoms with E-state index in [0.29, 0.717) is 6.04 Å². The number of likely N-dealkylation sites (N-methyl/N-ethyl adjacent to an activating group) is 1. The maximum atomic E-state index is 10.8. The number of nitrogens with zero attached hydrogens (tertiary/aromatic N) is 1. The normalized spacial score (nSPS) is 21.4. The van der Waals surface area contributed by atoms with Crippen molar-refractivity contribution in [1.29, 1.82) is 0 Å². The lowest BCUT2D eigenvalue weighted by Crippen LogP contribution is -3.00. The minimum Gasteiger partial charge on any atom is -1.00 e. The molecule has 1 aliphatic rings. The van der Waals surface area contributed by atoms with Crippen molar-refractivity contribution in [3.8, 4) is 0 Å². The summed E-state index contributed by atoms with van der Waals surface area (Å²) >= 11 is 0. The van der Waals surface area contributed by atoms with Crippen LogP contribution in [0, 0.1) is 0 Å². The van der Waals surface area contributed by atoms with Crippen molar-refractivity contribution < 1.29 is 38.4 Å². The lowest BCUT2D eigenvalue weighted by molar-refractivity contribution is -0.915. The highest BCUT2D eigenvalue weighted by Gasteiger charge is 2.37. The van der Waals surface area contributed by atoms with Gasteiger partial charge in [0.25, 0.3) is 0 Å². The van der Waals surface area contributed by atoms with Crippen LogP contribution in [0.3, 0.4) is 0 Å². The topological polar surface area (TPSA) is 37.3 Å². The molecule has 27 heavy (non-hydrogen) atoms. The van der Waals surface area contributed by atoms with Gasteiger partial charge in [-0.2, -0.15) is 0 Å². The highest BCUT2D eigenvalue weighted by atomic mass is 127. The zero-order valence-electron chi connectivity index (χ0n) is 15.9. The van der Waals surface area contributed by atoms with Crippen molar-refractivity contribution in [1.82, 2.24) is 0 Å². The molecule has 0 saturated heterocycles. The summed E-state index contributed by atoms with van der Waals surface area (Å²) in [7, 11) is 2.32. The summed E-state index contributed by atoms with van der Waals surface area (Å²) in [6, 6.07) is 21.7. The molecule has 3 nitrogen and oxygen atoms in total. The molecule has 2 unspecified atom stereocenters. The van der Waals surface area contributed by atoms with Crippen LogP contribution in [0.25, 0.3) is 5.57 Å². The van der Waals surface area contributed by atoms with Gasteiger partial charge >= 0.3 is 5.97 Å². The second kappa shape index (κ2) is 10.0. The van der Waals surface area contributed by atoms with E-state index in [9.17, 15) is 4.79 Å². The van der Waals surface area contributed by atoms with Gasteiger partial charge in [-0.1, -0.05) is 60.7 Å². The summed E-state index contributed by atoms with van der Waals surface area (Å²) in [5, 5.41) is 8.89. The Labute approximate surface area is 179 Å². The number of halogens is 1. The third-order valence-electron chi connectivity index (χ3n) is 5.47. The molecule has 0 radical (unpaired) electrons. The van der Waals surface area contributed by atoms with Gasteiger partial charge in [0.2, 0.25) is 0 Å². The van der Waals surface area contributed by atoms with Crippen LogP contribution in [0.5, 0.6) is 0 Å². The van der Waals surface area contributed by atoms with E-state index in [1.54, 1.807) is 0 Å². The zero-order chi connectivity index (χ0) is 18.4. The van der Waals surface area contributed by atoms with E-state index in [2.05, 4.69) is 73.8 Å². The molecule has 1 aliphatic heterocycles. The first kappa shape index (κ1) is 21.6. The standard InChI is InChI=1S/C23H27NO2.HI/c1-24(15-9-8-14-23(25)26)18-21(20-12-6-3-7-13-20)17-22(24)16-19-10-4-2-5-11-19;/h2-7,10-13,17,22H,8-9,14-16,18H2,1H3;1H. The van der Waals surface area contributed by atoms with Gasteiger partial charge in [-0.15, -0.1) is 0 Å². The molecule has 0 amide bonds. The Hall–Kier alpha value is -1.66. The second-order valence-electron chi connectivity index (χ2n) is 7.53. The van der Waals surface area contributed by atoms with Crippen molar-refractivity contribution in [3.63, 3.8) is 0 Å². The predicted octanol–water partition coefficient (Wildman–Crippen LogP) is 1.40.